The first-order chi connectivity index (χ1) is 8.99. The minimum Gasteiger partial charge on any atom is -0.480 e. The highest BCUT2D eigenvalue weighted by atomic mass is 16.4. The van der Waals surface area contributed by atoms with Gasteiger partial charge in [0.2, 0.25) is 0 Å². The molecule has 0 radical (unpaired) electrons. The molecular formula is C14H18N2O3. The van der Waals surface area contributed by atoms with Gasteiger partial charge in [-0.3, -0.25) is 0 Å². The van der Waals surface area contributed by atoms with Crippen LogP contribution in [0.1, 0.15) is 25.0 Å². The Morgan fingerprint density at radius 1 is 1.32 bits per heavy atom. The molecule has 1 atom stereocenters. The lowest BCUT2D eigenvalue weighted by molar-refractivity contribution is -0.142. The van der Waals surface area contributed by atoms with Crippen LogP contribution in [0.3, 0.4) is 0 Å². The molecule has 102 valence electrons. The number of carbonyl (C=O) groups excluding carboxylic acids is 1. The Bertz CT molecular complexity index is 499. The topological polar surface area (TPSA) is 69.6 Å². The van der Waals surface area contributed by atoms with Gasteiger partial charge in [-0.05, 0) is 25.0 Å². The van der Waals surface area contributed by atoms with E-state index in [4.69, 9.17) is 0 Å². The second-order valence-electron chi connectivity index (χ2n) is 5.06. The van der Waals surface area contributed by atoms with Gasteiger partial charge in [-0.1, -0.05) is 24.3 Å². The zero-order valence-corrected chi connectivity index (χ0v) is 11.1. The van der Waals surface area contributed by atoms with Gasteiger partial charge in [0.25, 0.3) is 0 Å². The lowest BCUT2D eigenvalue weighted by atomic mass is 9.94. The molecule has 0 fully saturated rings. The van der Waals surface area contributed by atoms with E-state index in [9.17, 15) is 14.7 Å². The van der Waals surface area contributed by atoms with Crippen molar-refractivity contribution >= 4 is 12.0 Å². The van der Waals surface area contributed by atoms with Crippen molar-refractivity contribution in [2.45, 2.75) is 38.9 Å². The number of hydrogen-bond acceptors (Lipinski definition) is 2. The number of urea groups is 1. The molecule has 1 heterocycles. The maximum Gasteiger partial charge on any atom is 0.326 e. The quantitative estimate of drug-likeness (QED) is 0.850. The van der Waals surface area contributed by atoms with Crippen molar-refractivity contribution in [2.24, 2.45) is 0 Å². The number of amides is 2. The number of carbonyl (C=O) groups is 2. The molecule has 1 unspecified atom stereocenters. The van der Waals surface area contributed by atoms with Crippen molar-refractivity contribution in [3.63, 3.8) is 0 Å². The number of aliphatic carboxylic acids is 1. The van der Waals surface area contributed by atoms with E-state index in [1.165, 1.54) is 4.90 Å². The van der Waals surface area contributed by atoms with Gasteiger partial charge in [-0.2, -0.15) is 0 Å². The number of nitrogens with zero attached hydrogens (tertiary/aromatic N) is 1. The summed E-state index contributed by atoms with van der Waals surface area (Å²) >= 11 is 0. The van der Waals surface area contributed by atoms with E-state index in [0.717, 1.165) is 11.1 Å². The second kappa shape index (κ2) is 5.30. The molecule has 2 N–H and O–H groups in total. The summed E-state index contributed by atoms with van der Waals surface area (Å²) in [4.78, 5) is 24.8. The van der Waals surface area contributed by atoms with Crippen LogP contribution >= 0.6 is 0 Å². The van der Waals surface area contributed by atoms with Crippen molar-refractivity contribution < 1.29 is 14.7 Å². The zero-order valence-electron chi connectivity index (χ0n) is 11.1. The molecule has 0 aromatic heterocycles. The van der Waals surface area contributed by atoms with Crippen LogP contribution in [0.25, 0.3) is 0 Å². The minimum atomic E-state index is -0.964. The molecule has 1 aliphatic heterocycles. The van der Waals surface area contributed by atoms with Crippen molar-refractivity contribution in [1.82, 2.24) is 10.2 Å². The summed E-state index contributed by atoms with van der Waals surface area (Å²) < 4.78 is 0. The van der Waals surface area contributed by atoms with E-state index in [1.54, 1.807) is 0 Å². The predicted octanol–water partition coefficient (Wildman–Crippen LogP) is 1.62. The van der Waals surface area contributed by atoms with E-state index in [-0.39, 0.29) is 12.1 Å². The lowest BCUT2D eigenvalue weighted by Crippen LogP contribution is -2.53. The Kier molecular flexibility index (Phi) is 3.74. The Morgan fingerprint density at radius 3 is 2.53 bits per heavy atom. The molecule has 5 nitrogen and oxygen atoms in total. The van der Waals surface area contributed by atoms with Gasteiger partial charge >= 0.3 is 12.0 Å². The molecule has 0 bridgehead atoms. The fraction of sp³-hybridized carbons (Fsp3) is 0.429. The third kappa shape index (κ3) is 2.86. The highest BCUT2D eigenvalue weighted by Gasteiger charge is 2.34. The Hall–Kier alpha value is -2.04. The average Bonchev–Trinajstić information content (AvgIpc) is 2.36. The SMILES string of the molecule is CC(C)NC(=O)N1Cc2ccccc2CC1C(=O)O. The fourth-order valence-corrected chi connectivity index (χ4v) is 2.29. The first-order valence-electron chi connectivity index (χ1n) is 6.35. The maximum absolute atomic E-state index is 12.1. The highest BCUT2D eigenvalue weighted by molar-refractivity contribution is 5.83. The molecule has 1 aliphatic rings. The monoisotopic (exact) mass is 262 g/mol. The van der Waals surface area contributed by atoms with Gasteiger partial charge < -0.3 is 15.3 Å². The Morgan fingerprint density at radius 2 is 1.95 bits per heavy atom. The Labute approximate surface area is 112 Å². The summed E-state index contributed by atoms with van der Waals surface area (Å²) in [5, 5.41) is 12.0. The van der Waals surface area contributed by atoms with Crippen LogP contribution in [0.15, 0.2) is 24.3 Å². The van der Waals surface area contributed by atoms with Gasteiger partial charge in [0.1, 0.15) is 6.04 Å². The van der Waals surface area contributed by atoms with Crippen LogP contribution in [0.5, 0.6) is 0 Å². The fourth-order valence-electron chi connectivity index (χ4n) is 2.29. The van der Waals surface area contributed by atoms with Crippen molar-refractivity contribution in [2.75, 3.05) is 0 Å². The molecule has 0 saturated heterocycles. The maximum atomic E-state index is 12.1. The third-order valence-corrected chi connectivity index (χ3v) is 3.21. The molecule has 2 amide bonds. The summed E-state index contributed by atoms with van der Waals surface area (Å²) in [5.41, 5.74) is 2.02. The molecular weight excluding hydrogens is 244 g/mol. The number of benzene rings is 1. The second-order valence-corrected chi connectivity index (χ2v) is 5.06. The summed E-state index contributed by atoms with van der Waals surface area (Å²) in [6, 6.07) is 6.51. The molecule has 0 spiro atoms. The third-order valence-electron chi connectivity index (χ3n) is 3.21. The van der Waals surface area contributed by atoms with Crippen LogP contribution in [0, 0.1) is 0 Å². The number of hydrogen-bond donors (Lipinski definition) is 2. The number of fused-ring (bicyclic) bond motifs is 1. The van der Waals surface area contributed by atoms with E-state index < -0.39 is 12.0 Å². The van der Waals surface area contributed by atoms with Gasteiger partial charge in [0.15, 0.2) is 0 Å². The Balaban J connectivity index is 2.26. The van der Waals surface area contributed by atoms with E-state index >= 15 is 0 Å². The van der Waals surface area contributed by atoms with E-state index in [0.29, 0.717) is 13.0 Å². The smallest absolute Gasteiger partial charge is 0.326 e. The van der Waals surface area contributed by atoms with E-state index in [1.807, 2.05) is 38.1 Å². The first kappa shape index (κ1) is 13.4. The average molecular weight is 262 g/mol. The minimum absolute atomic E-state index is 0.0147. The highest BCUT2D eigenvalue weighted by Crippen LogP contribution is 2.23. The number of nitrogens with one attached hydrogen (secondary N) is 1. The van der Waals surface area contributed by atoms with Crippen LogP contribution < -0.4 is 5.32 Å². The van der Waals surface area contributed by atoms with Gasteiger partial charge in [0.05, 0.1) is 0 Å². The normalized spacial score (nSPS) is 18.1. The summed E-state index contributed by atoms with van der Waals surface area (Å²) in [6.07, 6.45) is 0.358. The van der Waals surface area contributed by atoms with Gasteiger partial charge in [-0.15, -0.1) is 0 Å². The summed E-state index contributed by atoms with van der Waals surface area (Å²) in [5.74, 6) is -0.964. The summed E-state index contributed by atoms with van der Waals surface area (Å²) in [7, 11) is 0. The number of carboxylic acids is 1. The number of rotatable bonds is 2. The molecule has 0 saturated carbocycles. The largest absolute Gasteiger partial charge is 0.480 e. The molecule has 1 aromatic rings. The van der Waals surface area contributed by atoms with Crippen molar-refractivity contribution in [3.8, 4) is 0 Å². The summed E-state index contributed by atoms with van der Waals surface area (Å²) in [6.45, 7) is 4.04. The molecule has 0 aliphatic carbocycles. The van der Waals surface area contributed by atoms with Crippen LogP contribution in [-0.4, -0.2) is 34.1 Å². The van der Waals surface area contributed by atoms with Crippen molar-refractivity contribution in [3.05, 3.63) is 35.4 Å². The van der Waals surface area contributed by atoms with Crippen LogP contribution in [-0.2, 0) is 17.8 Å². The lowest BCUT2D eigenvalue weighted by Gasteiger charge is -2.34. The standard InChI is InChI=1S/C14H18N2O3/c1-9(2)15-14(19)16-8-11-6-4-3-5-10(11)7-12(16)13(17)18/h3-6,9,12H,7-8H2,1-2H3,(H,15,19)(H,17,18). The van der Waals surface area contributed by atoms with Crippen molar-refractivity contribution in [1.29, 1.82) is 0 Å². The zero-order chi connectivity index (χ0) is 14.0. The van der Waals surface area contributed by atoms with E-state index in [2.05, 4.69) is 5.32 Å². The molecule has 5 heteroatoms. The van der Waals surface area contributed by atoms with Gasteiger partial charge in [0, 0.05) is 19.0 Å². The van der Waals surface area contributed by atoms with Crippen LogP contribution in [0.4, 0.5) is 4.79 Å². The predicted molar refractivity (Wildman–Crippen MR) is 70.8 cm³/mol. The first-order valence-corrected chi connectivity index (χ1v) is 6.35. The van der Waals surface area contributed by atoms with Gasteiger partial charge in [-0.25, -0.2) is 9.59 Å². The van der Waals surface area contributed by atoms with Crippen LogP contribution in [0.2, 0.25) is 0 Å². The molecule has 19 heavy (non-hydrogen) atoms. The molecule has 2 rings (SSSR count). The molecule has 1 aromatic carbocycles. The number of carboxylic acid groups (broad SMARTS) is 1.